The highest BCUT2D eigenvalue weighted by Gasteiger charge is 2.77. The van der Waals surface area contributed by atoms with E-state index >= 15 is 0 Å². The number of morpholine rings is 1. The summed E-state index contributed by atoms with van der Waals surface area (Å²) in [6, 6.07) is -0.685. The van der Waals surface area contributed by atoms with Crippen molar-refractivity contribution in [2.24, 2.45) is 11.8 Å². The van der Waals surface area contributed by atoms with E-state index in [4.69, 9.17) is 9.47 Å². The summed E-state index contributed by atoms with van der Waals surface area (Å²) in [5.74, 6) is -1.90. The lowest BCUT2D eigenvalue weighted by molar-refractivity contribution is -0.154. The Morgan fingerprint density at radius 2 is 2.00 bits per heavy atom. The third-order valence-electron chi connectivity index (χ3n) is 8.12. The average Bonchev–Trinajstić information content (AvgIpc) is 3.44. The highest BCUT2D eigenvalue weighted by atomic mass is 32.2. The van der Waals surface area contributed by atoms with Gasteiger partial charge in [-0.2, -0.15) is 0 Å². The van der Waals surface area contributed by atoms with Gasteiger partial charge in [0.1, 0.15) is 12.6 Å². The van der Waals surface area contributed by atoms with Gasteiger partial charge in [-0.3, -0.25) is 19.3 Å². The molecule has 2 unspecified atom stereocenters. The number of carbonyl (C=O) groups is 3. The number of aliphatic hydroxyl groups is 1. The number of ether oxygens (including phenoxy) is 2. The van der Waals surface area contributed by atoms with Crippen LogP contribution in [-0.2, 0) is 23.9 Å². The number of likely N-dealkylation sites (tertiary alicyclic amines) is 1. The molecule has 1 N–H and O–H groups in total. The molecule has 0 aromatic carbocycles. The second kappa shape index (κ2) is 11.2. The SMILES string of the molecule is C=CCOC(=O)[C@H]1[C@H]2C(=O)N(CCCO)C(C(=O)N(CC=C)CCN3CCOCC3)C23CC[C@]1(C)S3. The zero-order chi connectivity index (χ0) is 25.9. The van der Waals surface area contributed by atoms with E-state index in [9.17, 15) is 19.5 Å². The molecule has 0 aromatic heterocycles. The zero-order valence-corrected chi connectivity index (χ0v) is 22.0. The van der Waals surface area contributed by atoms with Crippen LogP contribution in [0.15, 0.2) is 25.3 Å². The van der Waals surface area contributed by atoms with Gasteiger partial charge in [-0.05, 0) is 26.2 Å². The first-order valence-electron chi connectivity index (χ1n) is 12.9. The molecule has 2 bridgehead atoms. The molecule has 0 radical (unpaired) electrons. The molecule has 200 valence electrons. The normalized spacial score (nSPS) is 33.4. The lowest BCUT2D eigenvalue weighted by Crippen LogP contribution is -2.56. The lowest BCUT2D eigenvalue weighted by atomic mass is 9.66. The first-order valence-corrected chi connectivity index (χ1v) is 13.7. The van der Waals surface area contributed by atoms with E-state index in [1.807, 2.05) is 6.92 Å². The summed E-state index contributed by atoms with van der Waals surface area (Å²) in [5, 5.41) is 9.52. The number of fused-ring (bicyclic) bond motifs is 1. The van der Waals surface area contributed by atoms with E-state index < -0.39 is 33.3 Å². The number of hydrogen-bond acceptors (Lipinski definition) is 8. The number of rotatable bonds is 12. The molecule has 4 saturated heterocycles. The van der Waals surface area contributed by atoms with Crippen LogP contribution in [0.5, 0.6) is 0 Å². The maximum Gasteiger partial charge on any atom is 0.311 e. The van der Waals surface area contributed by atoms with Gasteiger partial charge in [-0.15, -0.1) is 18.3 Å². The minimum atomic E-state index is -0.686. The van der Waals surface area contributed by atoms with Crippen molar-refractivity contribution in [3.63, 3.8) is 0 Å². The van der Waals surface area contributed by atoms with Crippen molar-refractivity contribution < 1.29 is 29.0 Å². The van der Waals surface area contributed by atoms with Crippen LogP contribution in [-0.4, -0.2) is 119 Å². The Balaban J connectivity index is 1.63. The van der Waals surface area contributed by atoms with Gasteiger partial charge >= 0.3 is 5.97 Å². The molecule has 4 heterocycles. The van der Waals surface area contributed by atoms with Gasteiger partial charge in [0.2, 0.25) is 11.8 Å². The molecular formula is C26H39N3O6S. The predicted molar refractivity (Wildman–Crippen MR) is 137 cm³/mol. The second-order valence-electron chi connectivity index (χ2n) is 10.3. The van der Waals surface area contributed by atoms with Crippen LogP contribution < -0.4 is 0 Å². The number of nitrogens with zero attached hydrogens (tertiary/aromatic N) is 3. The fourth-order valence-electron chi connectivity index (χ4n) is 6.48. The summed E-state index contributed by atoms with van der Waals surface area (Å²) in [4.78, 5) is 47.0. The summed E-state index contributed by atoms with van der Waals surface area (Å²) in [6.45, 7) is 14.5. The molecule has 0 aromatic rings. The predicted octanol–water partition coefficient (Wildman–Crippen LogP) is 0.926. The molecular weight excluding hydrogens is 482 g/mol. The Morgan fingerprint density at radius 1 is 1.25 bits per heavy atom. The summed E-state index contributed by atoms with van der Waals surface area (Å²) >= 11 is 1.63. The number of amides is 2. The number of aliphatic hydroxyl groups excluding tert-OH is 1. The highest BCUT2D eigenvalue weighted by molar-refractivity contribution is 8.02. The topological polar surface area (TPSA) is 99.6 Å². The molecule has 36 heavy (non-hydrogen) atoms. The molecule has 1 spiro atoms. The van der Waals surface area contributed by atoms with Crippen LogP contribution in [0.2, 0.25) is 0 Å². The average molecular weight is 522 g/mol. The monoisotopic (exact) mass is 521 g/mol. The smallest absolute Gasteiger partial charge is 0.311 e. The number of esters is 1. The van der Waals surface area contributed by atoms with E-state index in [1.165, 1.54) is 6.08 Å². The Kier molecular flexibility index (Phi) is 8.49. The van der Waals surface area contributed by atoms with Crippen molar-refractivity contribution >= 4 is 29.5 Å². The molecule has 4 fully saturated rings. The third-order valence-corrected chi connectivity index (χ3v) is 10.1. The van der Waals surface area contributed by atoms with Crippen molar-refractivity contribution in [2.75, 3.05) is 65.7 Å². The van der Waals surface area contributed by atoms with Crippen molar-refractivity contribution in [3.8, 4) is 0 Å². The number of hydrogen-bond donors (Lipinski definition) is 1. The van der Waals surface area contributed by atoms with Crippen LogP contribution in [0.25, 0.3) is 0 Å². The summed E-state index contributed by atoms with van der Waals surface area (Å²) in [6.07, 6.45) is 5.04. The van der Waals surface area contributed by atoms with Gasteiger partial charge in [-0.1, -0.05) is 18.7 Å². The van der Waals surface area contributed by atoms with Crippen LogP contribution in [0, 0.1) is 11.8 Å². The quantitative estimate of drug-likeness (QED) is 0.299. The van der Waals surface area contributed by atoms with Crippen molar-refractivity contribution in [1.82, 2.24) is 14.7 Å². The molecule has 10 heteroatoms. The van der Waals surface area contributed by atoms with Crippen molar-refractivity contribution in [1.29, 1.82) is 0 Å². The maximum absolute atomic E-state index is 14.2. The summed E-state index contributed by atoms with van der Waals surface area (Å²) in [7, 11) is 0. The Morgan fingerprint density at radius 3 is 2.67 bits per heavy atom. The summed E-state index contributed by atoms with van der Waals surface area (Å²) < 4.78 is 9.74. The van der Waals surface area contributed by atoms with Gasteiger partial charge in [0, 0.05) is 50.6 Å². The van der Waals surface area contributed by atoms with E-state index in [2.05, 4.69) is 18.1 Å². The molecule has 4 aliphatic rings. The minimum absolute atomic E-state index is 0.0780. The highest BCUT2D eigenvalue weighted by Crippen LogP contribution is 2.71. The van der Waals surface area contributed by atoms with Crippen LogP contribution in [0.4, 0.5) is 0 Å². The summed E-state index contributed by atoms with van der Waals surface area (Å²) in [5.41, 5.74) is 0. The fourth-order valence-corrected chi connectivity index (χ4v) is 8.82. The van der Waals surface area contributed by atoms with Crippen LogP contribution in [0.3, 0.4) is 0 Å². The van der Waals surface area contributed by atoms with Crippen LogP contribution >= 0.6 is 11.8 Å². The largest absolute Gasteiger partial charge is 0.461 e. The molecule has 5 atom stereocenters. The van der Waals surface area contributed by atoms with Crippen molar-refractivity contribution in [3.05, 3.63) is 25.3 Å². The first-order chi connectivity index (χ1) is 17.3. The third kappa shape index (κ3) is 4.73. The molecule has 2 amide bonds. The van der Waals surface area contributed by atoms with E-state index in [0.29, 0.717) is 39.1 Å². The number of carbonyl (C=O) groups excluding carboxylic acids is 3. The fraction of sp³-hybridized carbons (Fsp3) is 0.731. The maximum atomic E-state index is 14.2. The first kappa shape index (κ1) is 27.2. The van der Waals surface area contributed by atoms with Crippen molar-refractivity contribution in [2.45, 2.75) is 41.7 Å². The van der Waals surface area contributed by atoms with E-state index in [1.54, 1.807) is 27.6 Å². The minimum Gasteiger partial charge on any atom is -0.461 e. The van der Waals surface area contributed by atoms with Gasteiger partial charge in [0.15, 0.2) is 0 Å². The molecule has 4 rings (SSSR count). The lowest BCUT2D eigenvalue weighted by Gasteiger charge is -2.38. The van der Waals surface area contributed by atoms with Gasteiger partial charge in [0.25, 0.3) is 0 Å². The van der Waals surface area contributed by atoms with Crippen LogP contribution in [0.1, 0.15) is 26.2 Å². The van der Waals surface area contributed by atoms with Gasteiger partial charge < -0.3 is 24.4 Å². The Bertz CT molecular complexity index is 880. The molecule has 4 aliphatic heterocycles. The molecule has 9 nitrogen and oxygen atoms in total. The van der Waals surface area contributed by atoms with E-state index in [-0.39, 0.29) is 31.6 Å². The second-order valence-corrected chi connectivity index (χ2v) is 12.2. The standard InChI is InChI=1S/C26H39N3O6S/c1-4-9-28(12-11-27-13-17-34-18-14-27)23(32)21-26-8-7-25(3,36-26)20(24(33)35-16-5-2)19(26)22(31)29(21)10-6-15-30/h4-5,19-21,30H,1-2,6-18H2,3H3/t19-,20+,21?,25-,26?/m0/s1. The van der Waals surface area contributed by atoms with E-state index in [0.717, 1.165) is 26.1 Å². The van der Waals surface area contributed by atoms with Gasteiger partial charge in [-0.25, -0.2) is 0 Å². The zero-order valence-electron chi connectivity index (χ0n) is 21.2. The number of thioether (sulfide) groups is 1. The Labute approximate surface area is 217 Å². The molecule has 0 aliphatic carbocycles. The molecule has 0 saturated carbocycles. The van der Waals surface area contributed by atoms with Gasteiger partial charge in [0.05, 0.1) is 29.8 Å². The Hall–Kier alpha value is -1.88.